The number of thiophene rings is 1. The molecule has 2 aromatic heterocycles. The van der Waals surface area contributed by atoms with Crippen LogP contribution in [-0.4, -0.2) is 23.6 Å². The zero-order chi connectivity index (χ0) is 14.7. The standard InChI is InChI=1S/C16H21N3OS/c1-12(15-5-3-11-21-15)18-16(20)14-4-2-10-19(14)13-6-8-17-9-7-13/h2-5,10-13,17H,6-9H2,1H3,(H,18,20). The van der Waals surface area contributed by atoms with Crippen LogP contribution in [0.3, 0.4) is 0 Å². The Morgan fingerprint density at radius 1 is 1.38 bits per heavy atom. The van der Waals surface area contributed by atoms with E-state index < -0.39 is 0 Å². The Labute approximate surface area is 129 Å². The van der Waals surface area contributed by atoms with Gasteiger partial charge in [-0.3, -0.25) is 4.79 Å². The fourth-order valence-corrected chi connectivity index (χ4v) is 3.60. The first-order valence-electron chi connectivity index (χ1n) is 7.47. The Hall–Kier alpha value is -1.59. The first-order valence-corrected chi connectivity index (χ1v) is 8.35. The minimum atomic E-state index is 0.0134. The molecule has 0 saturated carbocycles. The van der Waals surface area contributed by atoms with Crippen LogP contribution in [0.4, 0.5) is 0 Å². The molecule has 1 aliphatic heterocycles. The minimum absolute atomic E-state index is 0.0134. The maximum atomic E-state index is 12.5. The van der Waals surface area contributed by atoms with Gasteiger partial charge in [0.05, 0.1) is 6.04 Å². The van der Waals surface area contributed by atoms with E-state index in [1.165, 1.54) is 4.88 Å². The van der Waals surface area contributed by atoms with Gasteiger partial charge in [-0.15, -0.1) is 11.3 Å². The summed E-state index contributed by atoms with van der Waals surface area (Å²) in [5.41, 5.74) is 0.769. The summed E-state index contributed by atoms with van der Waals surface area (Å²) in [6.07, 6.45) is 4.19. The molecular weight excluding hydrogens is 282 g/mol. The molecule has 2 aromatic rings. The Morgan fingerprint density at radius 3 is 2.90 bits per heavy atom. The minimum Gasteiger partial charge on any atom is -0.343 e. The lowest BCUT2D eigenvalue weighted by Crippen LogP contribution is -2.33. The van der Waals surface area contributed by atoms with Crippen LogP contribution in [0.15, 0.2) is 35.8 Å². The van der Waals surface area contributed by atoms with Gasteiger partial charge in [0, 0.05) is 17.1 Å². The number of nitrogens with zero attached hydrogens (tertiary/aromatic N) is 1. The van der Waals surface area contributed by atoms with Gasteiger partial charge in [-0.1, -0.05) is 6.07 Å². The SMILES string of the molecule is CC(NC(=O)c1cccn1C1CCNCC1)c1cccs1. The lowest BCUT2D eigenvalue weighted by atomic mass is 10.1. The second kappa shape index (κ2) is 6.45. The van der Waals surface area contributed by atoms with Crippen molar-refractivity contribution in [3.05, 3.63) is 46.4 Å². The number of amides is 1. The molecule has 0 bridgehead atoms. The third-order valence-corrected chi connectivity index (χ3v) is 5.09. The average molecular weight is 303 g/mol. The molecule has 2 N–H and O–H groups in total. The van der Waals surface area contributed by atoms with Crippen LogP contribution < -0.4 is 10.6 Å². The molecule has 1 unspecified atom stereocenters. The summed E-state index contributed by atoms with van der Waals surface area (Å²) >= 11 is 1.67. The molecule has 0 radical (unpaired) electrons. The summed E-state index contributed by atoms with van der Waals surface area (Å²) in [4.78, 5) is 13.7. The second-order valence-electron chi connectivity index (χ2n) is 5.49. The predicted octanol–water partition coefficient (Wildman–Crippen LogP) is 2.97. The first kappa shape index (κ1) is 14.4. The predicted molar refractivity (Wildman–Crippen MR) is 85.8 cm³/mol. The van der Waals surface area contributed by atoms with Crippen LogP contribution in [0, 0.1) is 0 Å². The number of carbonyl (C=O) groups is 1. The van der Waals surface area contributed by atoms with E-state index in [9.17, 15) is 4.79 Å². The molecule has 0 aliphatic carbocycles. The van der Waals surface area contributed by atoms with Crippen molar-refractivity contribution in [1.82, 2.24) is 15.2 Å². The van der Waals surface area contributed by atoms with E-state index >= 15 is 0 Å². The number of rotatable bonds is 4. The molecule has 1 aliphatic rings. The van der Waals surface area contributed by atoms with Gasteiger partial charge in [-0.2, -0.15) is 0 Å². The van der Waals surface area contributed by atoms with Crippen LogP contribution in [0.1, 0.15) is 47.2 Å². The highest BCUT2D eigenvalue weighted by atomic mass is 32.1. The molecular formula is C16H21N3OS. The van der Waals surface area contributed by atoms with E-state index in [2.05, 4.69) is 21.3 Å². The van der Waals surface area contributed by atoms with Gasteiger partial charge >= 0.3 is 0 Å². The summed E-state index contributed by atoms with van der Waals surface area (Å²) < 4.78 is 2.14. The molecule has 1 fully saturated rings. The van der Waals surface area contributed by atoms with E-state index in [0.29, 0.717) is 6.04 Å². The Kier molecular flexibility index (Phi) is 4.41. The Bertz CT molecular complexity index is 584. The van der Waals surface area contributed by atoms with Crippen LogP contribution in [0.2, 0.25) is 0 Å². The van der Waals surface area contributed by atoms with Crippen molar-refractivity contribution in [2.75, 3.05) is 13.1 Å². The average Bonchev–Trinajstić information content (AvgIpc) is 3.19. The van der Waals surface area contributed by atoms with E-state index in [-0.39, 0.29) is 11.9 Å². The highest BCUT2D eigenvalue weighted by Gasteiger charge is 2.21. The molecule has 4 nitrogen and oxygen atoms in total. The fraction of sp³-hybridized carbons (Fsp3) is 0.438. The molecule has 5 heteroatoms. The van der Waals surface area contributed by atoms with Gasteiger partial charge in [-0.25, -0.2) is 0 Å². The van der Waals surface area contributed by atoms with Crippen molar-refractivity contribution in [2.45, 2.75) is 31.8 Å². The normalized spacial score (nSPS) is 17.6. The maximum absolute atomic E-state index is 12.5. The van der Waals surface area contributed by atoms with Crippen LogP contribution in [0.25, 0.3) is 0 Å². The fourth-order valence-electron chi connectivity index (χ4n) is 2.87. The lowest BCUT2D eigenvalue weighted by molar-refractivity contribution is 0.0927. The molecule has 0 aromatic carbocycles. The summed E-state index contributed by atoms with van der Waals surface area (Å²) in [5, 5.41) is 8.50. The van der Waals surface area contributed by atoms with E-state index in [4.69, 9.17) is 0 Å². The number of nitrogens with one attached hydrogen (secondary N) is 2. The molecule has 0 spiro atoms. The van der Waals surface area contributed by atoms with E-state index in [1.54, 1.807) is 11.3 Å². The smallest absolute Gasteiger partial charge is 0.268 e. The van der Waals surface area contributed by atoms with Crippen LogP contribution in [0.5, 0.6) is 0 Å². The molecule has 21 heavy (non-hydrogen) atoms. The number of aromatic nitrogens is 1. The van der Waals surface area contributed by atoms with E-state index in [1.807, 2.05) is 36.7 Å². The molecule has 3 rings (SSSR count). The lowest BCUT2D eigenvalue weighted by Gasteiger charge is -2.26. The van der Waals surface area contributed by atoms with Crippen molar-refractivity contribution in [3.8, 4) is 0 Å². The zero-order valence-corrected chi connectivity index (χ0v) is 13.0. The van der Waals surface area contributed by atoms with E-state index in [0.717, 1.165) is 31.6 Å². The molecule has 1 atom stereocenters. The van der Waals surface area contributed by atoms with Crippen molar-refractivity contribution < 1.29 is 4.79 Å². The van der Waals surface area contributed by atoms with Crippen molar-refractivity contribution in [2.24, 2.45) is 0 Å². The highest BCUT2D eigenvalue weighted by molar-refractivity contribution is 7.10. The summed E-state index contributed by atoms with van der Waals surface area (Å²) in [6, 6.07) is 8.43. The largest absolute Gasteiger partial charge is 0.343 e. The van der Waals surface area contributed by atoms with Gasteiger partial charge in [-0.05, 0) is 56.4 Å². The topological polar surface area (TPSA) is 46.1 Å². The van der Waals surface area contributed by atoms with Crippen molar-refractivity contribution in [3.63, 3.8) is 0 Å². The maximum Gasteiger partial charge on any atom is 0.268 e. The van der Waals surface area contributed by atoms with Gasteiger partial charge in [0.1, 0.15) is 5.69 Å². The zero-order valence-electron chi connectivity index (χ0n) is 12.2. The molecule has 1 saturated heterocycles. The molecule has 1 amide bonds. The van der Waals surface area contributed by atoms with Crippen LogP contribution in [-0.2, 0) is 0 Å². The number of hydrogen-bond donors (Lipinski definition) is 2. The Morgan fingerprint density at radius 2 is 2.19 bits per heavy atom. The molecule has 112 valence electrons. The summed E-state index contributed by atoms with van der Waals surface area (Å²) in [6.45, 7) is 4.08. The number of carbonyl (C=O) groups excluding carboxylic acids is 1. The summed E-state index contributed by atoms with van der Waals surface area (Å²) in [7, 11) is 0. The highest BCUT2D eigenvalue weighted by Crippen LogP contribution is 2.23. The number of hydrogen-bond acceptors (Lipinski definition) is 3. The van der Waals surface area contributed by atoms with Gasteiger partial charge in [0.15, 0.2) is 0 Å². The van der Waals surface area contributed by atoms with Gasteiger partial charge < -0.3 is 15.2 Å². The monoisotopic (exact) mass is 303 g/mol. The van der Waals surface area contributed by atoms with Crippen molar-refractivity contribution >= 4 is 17.2 Å². The number of piperidine rings is 1. The second-order valence-corrected chi connectivity index (χ2v) is 6.47. The van der Waals surface area contributed by atoms with Crippen molar-refractivity contribution in [1.29, 1.82) is 0 Å². The Balaban J connectivity index is 1.71. The third kappa shape index (κ3) is 3.19. The van der Waals surface area contributed by atoms with Crippen LogP contribution >= 0.6 is 11.3 Å². The quantitative estimate of drug-likeness (QED) is 0.912. The van der Waals surface area contributed by atoms with Gasteiger partial charge in [0.2, 0.25) is 0 Å². The molecule has 3 heterocycles. The van der Waals surface area contributed by atoms with Gasteiger partial charge in [0.25, 0.3) is 5.91 Å². The first-order chi connectivity index (χ1) is 10.3. The summed E-state index contributed by atoms with van der Waals surface area (Å²) in [5.74, 6) is 0.0134. The third-order valence-electron chi connectivity index (χ3n) is 4.03.